The van der Waals surface area contributed by atoms with Crippen LogP contribution in [0.15, 0.2) is 30.3 Å². The monoisotopic (exact) mass is 231 g/mol. The van der Waals surface area contributed by atoms with E-state index in [2.05, 4.69) is 6.07 Å². The molecule has 0 bridgehead atoms. The molecule has 70 valence electrons. The summed E-state index contributed by atoms with van der Waals surface area (Å²) in [5.74, 6) is 0. The van der Waals surface area contributed by atoms with Gasteiger partial charge in [0.25, 0.3) is 0 Å². The Morgan fingerprint density at radius 2 is 1.33 bits per heavy atom. The summed E-state index contributed by atoms with van der Waals surface area (Å²) in [5, 5.41) is 0. The molecule has 1 rings (SSSR count). The van der Waals surface area contributed by atoms with Crippen LogP contribution in [0.1, 0.15) is 0 Å². The molecule has 0 aliphatic heterocycles. The molecule has 0 aromatic heterocycles. The SMILES string of the molecule is O=P(O)(O)O.[Fe].[c-]1ccccc1. The van der Waals surface area contributed by atoms with Gasteiger partial charge in [-0.2, -0.15) is 36.4 Å². The molecule has 0 unspecified atom stereocenters. The summed E-state index contributed by atoms with van der Waals surface area (Å²) >= 11 is 0. The Kier molecular flexibility index (Phi) is 8.98. The first-order chi connectivity index (χ1) is 5.00. The average molecular weight is 231 g/mol. The Hall–Kier alpha value is -0.151. The van der Waals surface area contributed by atoms with Crippen LogP contribution in [0.3, 0.4) is 0 Å². The summed E-state index contributed by atoms with van der Waals surface area (Å²) in [5.41, 5.74) is 0. The van der Waals surface area contributed by atoms with E-state index in [9.17, 15) is 0 Å². The molecule has 0 aliphatic rings. The molecule has 0 saturated heterocycles. The normalized spacial score (nSPS) is 8.92. The second-order valence-electron chi connectivity index (χ2n) is 1.59. The number of phosphoric acid groups is 1. The van der Waals surface area contributed by atoms with Gasteiger partial charge in [0.2, 0.25) is 0 Å². The van der Waals surface area contributed by atoms with E-state index in [0.29, 0.717) is 0 Å². The molecule has 0 aliphatic carbocycles. The summed E-state index contributed by atoms with van der Waals surface area (Å²) < 4.78 is 8.88. The van der Waals surface area contributed by atoms with Gasteiger partial charge in [0.15, 0.2) is 0 Å². The Labute approximate surface area is 81.0 Å². The van der Waals surface area contributed by atoms with Crippen LogP contribution in [0.2, 0.25) is 0 Å². The van der Waals surface area contributed by atoms with E-state index in [1.54, 1.807) is 0 Å². The molecule has 0 fully saturated rings. The second-order valence-corrected chi connectivity index (χ2v) is 2.62. The number of benzene rings is 1. The molecule has 0 spiro atoms. The van der Waals surface area contributed by atoms with Crippen LogP contribution in [0, 0.1) is 6.07 Å². The third-order valence-electron chi connectivity index (χ3n) is 0.607. The van der Waals surface area contributed by atoms with Gasteiger partial charge in [0, 0.05) is 17.1 Å². The third kappa shape index (κ3) is 22.5. The molecule has 0 radical (unpaired) electrons. The molecule has 0 amide bonds. The zero-order valence-electron chi connectivity index (χ0n) is 5.94. The summed E-state index contributed by atoms with van der Waals surface area (Å²) in [7, 11) is -4.64. The maximum atomic E-state index is 8.88. The molecule has 0 saturated carbocycles. The summed E-state index contributed by atoms with van der Waals surface area (Å²) in [6.45, 7) is 0. The van der Waals surface area contributed by atoms with Crippen molar-refractivity contribution in [3.05, 3.63) is 36.4 Å². The van der Waals surface area contributed by atoms with Gasteiger partial charge in [-0.3, -0.25) is 0 Å². The zero-order chi connectivity index (χ0) is 8.74. The largest absolute Gasteiger partial charge is 0.466 e. The Bertz CT molecular complexity index is 187. The Morgan fingerprint density at radius 3 is 1.42 bits per heavy atom. The van der Waals surface area contributed by atoms with Crippen molar-refractivity contribution in [2.24, 2.45) is 0 Å². The predicted octanol–water partition coefficient (Wildman–Crippen LogP) is 0.556. The van der Waals surface area contributed by atoms with E-state index in [1.165, 1.54) is 0 Å². The van der Waals surface area contributed by atoms with Gasteiger partial charge in [-0.1, -0.05) is 0 Å². The van der Waals surface area contributed by atoms with Crippen LogP contribution >= 0.6 is 7.82 Å². The number of rotatable bonds is 0. The van der Waals surface area contributed by atoms with E-state index in [0.717, 1.165) is 0 Å². The van der Waals surface area contributed by atoms with Crippen molar-refractivity contribution in [3.8, 4) is 0 Å². The van der Waals surface area contributed by atoms with Gasteiger partial charge >= 0.3 is 7.82 Å². The fourth-order valence-corrected chi connectivity index (χ4v) is 0.342. The van der Waals surface area contributed by atoms with E-state index in [-0.39, 0.29) is 17.1 Å². The van der Waals surface area contributed by atoms with Crippen molar-refractivity contribution < 1.29 is 36.3 Å². The van der Waals surface area contributed by atoms with Crippen molar-refractivity contribution in [1.29, 1.82) is 0 Å². The molecular weight excluding hydrogens is 223 g/mol. The standard InChI is InChI=1S/C6H5.Fe.H3O4P/c1-2-4-6-5-3-1;;1-5(2,3)4/h1-5H;;(H3,1,2,3,4)/q-1;;. The quantitative estimate of drug-likeness (QED) is 0.346. The maximum absolute atomic E-state index is 8.88. The van der Waals surface area contributed by atoms with E-state index < -0.39 is 7.82 Å². The van der Waals surface area contributed by atoms with Crippen LogP contribution in [-0.4, -0.2) is 14.7 Å². The Morgan fingerprint density at radius 1 is 1.00 bits per heavy atom. The molecule has 0 heterocycles. The number of hydrogen-bond donors (Lipinski definition) is 3. The van der Waals surface area contributed by atoms with Gasteiger partial charge in [-0.15, -0.1) is 0 Å². The van der Waals surface area contributed by atoms with Crippen molar-refractivity contribution in [1.82, 2.24) is 0 Å². The summed E-state index contributed by atoms with van der Waals surface area (Å²) in [6.07, 6.45) is 0. The van der Waals surface area contributed by atoms with Crippen LogP contribution in [0.25, 0.3) is 0 Å². The summed E-state index contributed by atoms with van der Waals surface area (Å²) in [4.78, 5) is 21.6. The molecule has 4 nitrogen and oxygen atoms in total. The fraction of sp³-hybridized carbons (Fsp3) is 0. The average Bonchev–Trinajstić information content (AvgIpc) is 1.88. The maximum Gasteiger partial charge on any atom is 0.466 e. The van der Waals surface area contributed by atoms with Gasteiger partial charge in [0.1, 0.15) is 0 Å². The van der Waals surface area contributed by atoms with E-state index in [1.807, 2.05) is 30.3 Å². The third-order valence-corrected chi connectivity index (χ3v) is 0.607. The smallest absolute Gasteiger partial charge is 0.303 e. The predicted molar refractivity (Wildman–Crippen MR) is 39.5 cm³/mol. The minimum atomic E-state index is -4.64. The van der Waals surface area contributed by atoms with Crippen molar-refractivity contribution >= 4 is 7.82 Å². The molecule has 6 heteroatoms. The summed E-state index contributed by atoms with van der Waals surface area (Å²) in [6, 6.07) is 12.5. The van der Waals surface area contributed by atoms with Crippen LogP contribution in [0.4, 0.5) is 0 Å². The van der Waals surface area contributed by atoms with E-state index >= 15 is 0 Å². The molecular formula is C6H8FeO4P-. The first kappa shape index (κ1) is 14.4. The van der Waals surface area contributed by atoms with Gasteiger partial charge < -0.3 is 14.7 Å². The van der Waals surface area contributed by atoms with Crippen molar-refractivity contribution in [3.63, 3.8) is 0 Å². The first-order valence-electron chi connectivity index (χ1n) is 2.69. The van der Waals surface area contributed by atoms with Gasteiger partial charge in [-0.25, -0.2) is 4.57 Å². The fourth-order valence-electron chi connectivity index (χ4n) is 0.342. The topological polar surface area (TPSA) is 77.8 Å². The van der Waals surface area contributed by atoms with Gasteiger partial charge in [-0.05, 0) is 0 Å². The first-order valence-corrected chi connectivity index (χ1v) is 4.26. The van der Waals surface area contributed by atoms with Crippen LogP contribution in [-0.2, 0) is 21.6 Å². The van der Waals surface area contributed by atoms with Crippen molar-refractivity contribution in [2.75, 3.05) is 0 Å². The molecule has 0 atom stereocenters. The molecule has 3 N–H and O–H groups in total. The zero-order valence-corrected chi connectivity index (χ0v) is 7.94. The number of hydrogen-bond acceptors (Lipinski definition) is 1. The Balaban J connectivity index is 0. The second kappa shape index (κ2) is 7.50. The minimum absolute atomic E-state index is 0. The van der Waals surface area contributed by atoms with E-state index in [4.69, 9.17) is 19.2 Å². The molecule has 1 aromatic carbocycles. The van der Waals surface area contributed by atoms with Crippen LogP contribution in [0.5, 0.6) is 0 Å². The molecule has 1 aromatic rings. The van der Waals surface area contributed by atoms with Gasteiger partial charge in [0.05, 0.1) is 0 Å². The molecule has 12 heavy (non-hydrogen) atoms. The minimum Gasteiger partial charge on any atom is -0.303 e. The van der Waals surface area contributed by atoms with Crippen LogP contribution < -0.4 is 0 Å². The van der Waals surface area contributed by atoms with Crippen molar-refractivity contribution in [2.45, 2.75) is 0 Å².